The molecular weight excluding hydrogens is 202 g/mol. The van der Waals surface area contributed by atoms with Crippen molar-refractivity contribution in [1.82, 2.24) is 4.98 Å². The maximum absolute atomic E-state index is 11.6. The van der Waals surface area contributed by atoms with E-state index < -0.39 is 5.56 Å². The first-order valence-electron chi connectivity index (χ1n) is 5.25. The summed E-state index contributed by atoms with van der Waals surface area (Å²) in [6.45, 7) is 2.11. The summed E-state index contributed by atoms with van der Waals surface area (Å²) in [6, 6.07) is 3.81. The first kappa shape index (κ1) is 10.4. The molecule has 0 unspecified atom stereocenters. The van der Waals surface area contributed by atoms with E-state index in [1.165, 1.54) is 0 Å². The average Bonchev–Trinajstić information content (AvgIpc) is 2.28. The number of nitrogens with zero attached hydrogens (tertiary/aromatic N) is 2. The number of pyridine rings is 1. The van der Waals surface area contributed by atoms with E-state index >= 15 is 0 Å². The van der Waals surface area contributed by atoms with Crippen molar-refractivity contribution in [3.63, 3.8) is 0 Å². The van der Waals surface area contributed by atoms with Crippen LogP contribution in [-0.4, -0.2) is 4.98 Å². The van der Waals surface area contributed by atoms with E-state index in [4.69, 9.17) is 10.5 Å². The summed E-state index contributed by atoms with van der Waals surface area (Å²) in [5.74, 6) is 0.497. The van der Waals surface area contributed by atoms with Crippen LogP contribution in [0, 0.1) is 28.6 Å². The molecule has 0 saturated heterocycles. The summed E-state index contributed by atoms with van der Waals surface area (Å²) in [6.07, 6.45) is 2.57. The third-order valence-corrected chi connectivity index (χ3v) is 3.07. The van der Waals surface area contributed by atoms with E-state index in [-0.39, 0.29) is 11.1 Å². The summed E-state index contributed by atoms with van der Waals surface area (Å²) in [4.78, 5) is 14.3. The molecule has 2 rings (SSSR count). The molecule has 0 amide bonds. The normalized spacial score (nSPS) is 18.3. The predicted molar refractivity (Wildman–Crippen MR) is 57.7 cm³/mol. The Kier molecular flexibility index (Phi) is 2.50. The predicted octanol–water partition coefficient (Wildman–Crippen LogP) is 1.24. The van der Waals surface area contributed by atoms with E-state index in [0.29, 0.717) is 5.92 Å². The van der Waals surface area contributed by atoms with Crippen LogP contribution in [0.1, 0.15) is 35.7 Å². The van der Waals surface area contributed by atoms with Gasteiger partial charge >= 0.3 is 0 Å². The molecule has 1 aliphatic carbocycles. The molecule has 4 heteroatoms. The Morgan fingerprint density at radius 2 is 2.00 bits per heavy atom. The number of hydrogen-bond acceptors (Lipinski definition) is 3. The molecular formula is C12H11N3O. The Hall–Kier alpha value is -2.07. The minimum Gasteiger partial charge on any atom is -0.325 e. The van der Waals surface area contributed by atoms with Crippen molar-refractivity contribution >= 4 is 0 Å². The lowest BCUT2D eigenvalue weighted by atomic mass is 9.84. The second kappa shape index (κ2) is 3.83. The van der Waals surface area contributed by atoms with E-state index in [0.717, 1.165) is 30.5 Å². The Balaban J connectivity index is 2.74. The number of rotatable bonds is 0. The Bertz CT molecular complexity index is 572. The second-order valence-corrected chi connectivity index (χ2v) is 4.23. The molecule has 1 atom stereocenters. The van der Waals surface area contributed by atoms with Gasteiger partial charge in [-0.1, -0.05) is 6.92 Å². The molecule has 0 aliphatic heterocycles. The lowest BCUT2D eigenvalue weighted by Crippen LogP contribution is -2.23. The number of aryl methyl sites for hydroxylation is 1. The van der Waals surface area contributed by atoms with Crippen molar-refractivity contribution in [2.75, 3.05) is 0 Å². The third kappa shape index (κ3) is 1.49. The summed E-state index contributed by atoms with van der Waals surface area (Å²) in [5.41, 5.74) is 1.48. The van der Waals surface area contributed by atoms with Gasteiger partial charge in [0.25, 0.3) is 5.56 Å². The Morgan fingerprint density at radius 1 is 1.31 bits per heavy atom. The molecule has 0 fully saturated rings. The minimum absolute atomic E-state index is 0.0460. The molecule has 0 radical (unpaired) electrons. The van der Waals surface area contributed by atoms with Crippen LogP contribution in [-0.2, 0) is 12.8 Å². The Morgan fingerprint density at radius 3 is 2.62 bits per heavy atom. The fourth-order valence-corrected chi connectivity index (χ4v) is 2.20. The number of nitriles is 2. The highest BCUT2D eigenvalue weighted by atomic mass is 16.1. The fraction of sp³-hybridized carbons (Fsp3) is 0.417. The van der Waals surface area contributed by atoms with Crippen LogP contribution in [0.4, 0.5) is 0 Å². The fourth-order valence-electron chi connectivity index (χ4n) is 2.20. The third-order valence-electron chi connectivity index (χ3n) is 3.07. The van der Waals surface area contributed by atoms with E-state index in [2.05, 4.69) is 11.9 Å². The van der Waals surface area contributed by atoms with Gasteiger partial charge in [-0.05, 0) is 30.7 Å². The standard InChI is InChI=1S/C12H11N3O/c1-7-2-3-11-8(4-7)9(5-13)10(6-14)12(16)15-11/h7H,2-4H2,1H3,(H,15,16)/t7-/m1/s1. The monoisotopic (exact) mass is 213 g/mol. The van der Waals surface area contributed by atoms with Crippen molar-refractivity contribution in [2.45, 2.75) is 26.2 Å². The van der Waals surface area contributed by atoms with Crippen molar-refractivity contribution in [3.8, 4) is 12.1 Å². The van der Waals surface area contributed by atoms with Gasteiger partial charge in [0, 0.05) is 5.69 Å². The minimum atomic E-state index is -0.438. The lowest BCUT2D eigenvalue weighted by Gasteiger charge is -2.22. The van der Waals surface area contributed by atoms with Crippen LogP contribution >= 0.6 is 0 Å². The topological polar surface area (TPSA) is 80.4 Å². The summed E-state index contributed by atoms with van der Waals surface area (Å²) in [5, 5.41) is 17.9. The summed E-state index contributed by atoms with van der Waals surface area (Å²) >= 11 is 0. The van der Waals surface area contributed by atoms with Crippen LogP contribution in [0.2, 0.25) is 0 Å². The van der Waals surface area contributed by atoms with Crippen LogP contribution < -0.4 is 5.56 Å². The van der Waals surface area contributed by atoms with Crippen molar-refractivity contribution in [3.05, 3.63) is 32.7 Å². The number of H-pyrrole nitrogens is 1. The number of aromatic nitrogens is 1. The highest BCUT2D eigenvalue weighted by Crippen LogP contribution is 2.26. The molecule has 4 nitrogen and oxygen atoms in total. The smallest absolute Gasteiger partial charge is 0.267 e. The maximum Gasteiger partial charge on any atom is 0.267 e. The summed E-state index contributed by atoms with van der Waals surface area (Å²) < 4.78 is 0. The van der Waals surface area contributed by atoms with Crippen LogP contribution in [0.15, 0.2) is 4.79 Å². The van der Waals surface area contributed by atoms with E-state index in [9.17, 15) is 4.79 Å². The highest BCUT2D eigenvalue weighted by molar-refractivity contribution is 5.51. The van der Waals surface area contributed by atoms with E-state index in [1.54, 1.807) is 0 Å². The molecule has 16 heavy (non-hydrogen) atoms. The molecule has 1 heterocycles. The second-order valence-electron chi connectivity index (χ2n) is 4.23. The number of hydrogen-bond donors (Lipinski definition) is 1. The molecule has 1 aromatic rings. The zero-order valence-electron chi connectivity index (χ0n) is 9.00. The summed E-state index contributed by atoms with van der Waals surface area (Å²) in [7, 11) is 0. The van der Waals surface area contributed by atoms with Gasteiger partial charge in [-0.3, -0.25) is 4.79 Å². The molecule has 1 aromatic heterocycles. The van der Waals surface area contributed by atoms with Crippen LogP contribution in [0.3, 0.4) is 0 Å². The molecule has 1 N–H and O–H groups in total. The van der Waals surface area contributed by atoms with E-state index in [1.807, 2.05) is 12.1 Å². The van der Waals surface area contributed by atoms with Gasteiger partial charge in [-0.25, -0.2) is 0 Å². The van der Waals surface area contributed by atoms with Gasteiger partial charge < -0.3 is 4.98 Å². The van der Waals surface area contributed by atoms with Crippen LogP contribution in [0.25, 0.3) is 0 Å². The molecule has 0 bridgehead atoms. The van der Waals surface area contributed by atoms with Gasteiger partial charge in [0.15, 0.2) is 0 Å². The number of fused-ring (bicyclic) bond motifs is 1. The van der Waals surface area contributed by atoms with Gasteiger partial charge in [0.1, 0.15) is 17.7 Å². The van der Waals surface area contributed by atoms with Crippen molar-refractivity contribution in [1.29, 1.82) is 10.5 Å². The first-order valence-corrected chi connectivity index (χ1v) is 5.25. The maximum atomic E-state index is 11.6. The Labute approximate surface area is 93.1 Å². The SMILES string of the molecule is C[C@@H]1CCc2[nH]c(=O)c(C#N)c(C#N)c2C1. The van der Waals surface area contributed by atoms with Gasteiger partial charge in [0.05, 0.1) is 5.56 Å². The van der Waals surface area contributed by atoms with Gasteiger partial charge in [0.2, 0.25) is 0 Å². The number of nitrogens with one attached hydrogen (secondary N) is 1. The van der Waals surface area contributed by atoms with Gasteiger partial charge in [-0.2, -0.15) is 10.5 Å². The van der Waals surface area contributed by atoms with Crippen molar-refractivity contribution < 1.29 is 0 Å². The van der Waals surface area contributed by atoms with Crippen LogP contribution in [0.5, 0.6) is 0 Å². The highest BCUT2D eigenvalue weighted by Gasteiger charge is 2.22. The number of aromatic amines is 1. The quantitative estimate of drug-likeness (QED) is 0.704. The molecule has 1 aliphatic rings. The first-order chi connectivity index (χ1) is 7.67. The molecule has 0 saturated carbocycles. The van der Waals surface area contributed by atoms with Crippen molar-refractivity contribution in [2.24, 2.45) is 5.92 Å². The average molecular weight is 213 g/mol. The largest absolute Gasteiger partial charge is 0.325 e. The molecule has 80 valence electrons. The van der Waals surface area contributed by atoms with Gasteiger partial charge in [-0.15, -0.1) is 0 Å². The molecule has 0 aromatic carbocycles. The zero-order valence-corrected chi connectivity index (χ0v) is 9.00. The zero-order chi connectivity index (χ0) is 11.7. The lowest BCUT2D eigenvalue weighted by molar-refractivity contribution is 0.492. The molecule has 0 spiro atoms.